The SMILES string of the molecule is COCNC(=O)NCCN1CCOCC1. The average Bonchev–Trinajstić information content (AvgIpc) is 2.28. The lowest BCUT2D eigenvalue weighted by Crippen LogP contribution is -2.44. The quantitative estimate of drug-likeness (QED) is 0.593. The molecule has 1 saturated heterocycles. The van der Waals surface area contributed by atoms with Crippen molar-refractivity contribution < 1.29 is 14.3 Å². The van der Waals surface area contributed by atoms with Gasteiger partial charge in [0.25, 0.3) is 0 Å². The Labute approximate surface area is 89.9 Å². The van der Waals surface area contributed by atoms with Gasteiger partial charge in [0.05, 0.1) is 13.2 Å². The van der Waals surface area contributed by atoms with Gasteiger partial charge in [-0.25, -0.2) is 4.79 Å². The van der Waals surface area contributed by atoms with Gasteiger partial charge in [0.15, 0.2) is 0 Å². The minimum Gasteiger partial charge on any atom is -0.379 e. The molecule has 0 spiro atoms. The third-order valence-electron chi connectivity index (χ3n) is 2.19. The molecule has 0 saturated carbocycles. The maximum absolute atomic E-state index is 11.1. The molecule has 0 unspecified atom stereocenters. The maximum atomic E-state index is 11.1. The number of methoxy groups -OCH3 is 1. The van der Waals surface area contributed by atoms with Gasteiger partial charge in [-0.05, 0) is 0 Å². The van der Waals surface area contributed by atoms with Gasteiger partial charge in [0.1, 0.15) is 6.73 Å². The average molecular weight is 217 g/mol. The fourth-order valence-corrected chi connectivity index (χ4v) is 1.35. The van der Waals surface area contributed by atoms with Crippen molar-refractivity contribution >= 4 is 6.03 Å². The maximum Gasteiger partial charge on any atom is 0.316 e. The van der Waals surface area contributed by atoms with E-state index in [1.807, 2.05) is 0 Å². The molecular weight excluding hydrogens is 198 g/mol. The number of hydrogen-bond acceptors (Lipinski definition) is 4. The summed E-state index contributed by atoms with van der Waals surface area (Å²) in [6.07, 6.45) is 0. The van der Waals surface area contributed by atoms with Gasteiger partial charge in [-0.15, -0.1) is 0 Å². The Bertz CT molecular complexity index is 183. The van der Waals surface area contributed by atoms with Gasteiger partial charge in [0.2, 0.25) is 0 Å². The summed E-state index contributed by atoms with van der Waals surface area (Å²) in [7, 11) is 1.54. The predicted molar refractivity (Wildman–Crippen MR) is 55.7 cm³/mol. The van der Waals surface area contributed by atoms with Crippen LogP contribution >= 0.6 is 0 Å². The van der Waals surface area contributed by atoms with Crippen molar-refractivity contribution in [1.82, 2.24) is 15.5 Å². The van der Waals surface area contributed by atoms with Crippen LogP contribution in [0.1, 0.15) is 0 Å². The first-order valence-electron chi connectivity index (χ1n) is 5.13. The highest BCUT2D eigenvalue weighted by molar-refractivity contribution is 5.73. The van der Waals surface area contributed by atoms with E-state index in [0.717, 1.165) is 32.8 Å². The minimum absolute atomic E-state index is 0.190. The molecular formula is C9H19N3O3. The third kappa shape index (κ3) is 5.56. The summed E-state index contributed by atoms with van der Waals surface area (Å²) in [6.45, 7) is 5.22. The normalized spacial score (nSPS) is 17.4. The highest BCUT2D eigenvalue weighted by Crippen LogP contribution is 1.94. The number of rotatable bonds is 5. The lowest BCUT2D eigenvalue weighted by atomic mass is 10.4. The molecule has 1 aliphatic rings. The Morgan fingerprint density at radius 1 is 1.40 bits per heavy atom. The van der Waals surface area contributed by atoms with Gasteiger partial charge in [0, 0.05) is 33.3 Å². The van der Waals surface area contributed by atoms with Gasteiger partial charge in [-0.2, -0.15) is 0 Å². The van der Waals surface area contributed by atoms with Crippen LogP contribution in [-0.2, 0) is 9.47 Å². The summed E-state index contributed by atoms with van der Waals surface area (Å²) in [5, 5.41) is 5.31. The number of morpholine rings is 1. The van der Waals surface area contributed by atoms with Crippen LogP contribution in [0.4, 0.5) is 4.79 Å². The van der Waals surface area contributed by atoms with Gasteiger partial charge in [-0.3, -0.25) is 4.90 Å². The molecule has 2 amide bonds. The van der Waals surface area contributed by atoms with Crippen LogP contribution in [-0.4, -0.2) is 64.2 Å². The second-order valence-corrected chi connectivity index (χ2v) is 3.32. The molecule has 15 heavy (non-hydrogen) atoms. The molecule has 0 aromatic rings. The van der Waals surface area contributed by atoms with Crippen molar-refractivity contribution in [3.05, 3.63) is 0 Å². The number of hydrogen-bond donors (Lipinski definition) is 2. The van der Waals surface area contributed by atoms with E-state index >= 15 is 0 Å². The summed E-state index contributed by atoms with van der Waals surface area (Å²) in [5.41, 5.74) is 0. The number of amides is 2. The van der Waals surface area contributed by atoms with Crippen molar-refractivity contribution in [2.24, 2.45) is 0 Å². The van der Waals surface area contributed by atoms with E-state index in [2.05, 4.69) is 15.5 Å². The lowest BCUT2D eigenvalue weighted by Gasteiger charge is -2.26. The van der Waals surface area contributed by atoms with E-state index in [4.69, 9.17) is 9.47 Å². The van der Waals surface area contributed by atoms with E-state index in [0.29, 0.717) is 6.54 Å². The van der Waals surface area contributed by atoms with E-state index in [1.54, 1.807) is 0 Å². The van der Waals surface area contributed by atoms with Crippen LogP contribution in [0, 0.1) is 0 Å². The van der Waals surface area contributed by atoms with Gasteiger partial charge in [-0.1, -0.05) is 0 Å². The Kier molecular flexibility index (Phi) is 6.06. The van der Waals surface area contributed by atoms with Crippen molar-refractivity contribution in [3.8, 4) is 0 Å². The summed E-state index contributed by atoms with van der Waals surface area (Å²) in [5.74, 6) is 0. The molecule has 0 aromatic carbocycles. The molecule has 2 N–H and O–H groups in total. The third-order valence-corrected chi connectivity index (χ3v) is 2.19. The molecule has 0 aromatic heterocycles. The molecule has 1 fully saturated rings. The van der Waals surface area contributed by atoms with Crippen LogP contribution in [0.15, 0.2) is 0 Å². The molecule has 0 radical (unpaired) electrons. The molecule has 0 bridgehead atoms. The molecule has 1 aliphatic heterocycles. The van der Waals surface area contributed by atoms with E-state index in [9.17, 15) is 4.79 Å². The fraction of sp³-hybridized carbons (Fsp3) is 0.889. The van der Waals surface area contributed by atoms with E-state index in [1.165, 1.54) is 7.11 Å². The number of carbonyl (C=O) groups is 1. The Hall–Kier alpha value is -0.850. The lowest BCUT2D eigenvalue weighted by molar-refractivity contribution is 0.0387. The molecule has 1 rings (SSSR count). The second-order valence-electron chi connectivity index (χ2n) is 3.32. The molecule has 0 atom stereocenters. The molecule has 6 heteroatoms. The Morgan fingerprint density at radius 2 is 2.13 bits per heavy atom. The van der Waals surface area contributed by atoms with Crippen molar-refractivity contribution in [2.75, 3.05) is 53.2 Å². The van der Waals surface area contributed by atoms with Crippen molar-refractivity contribution in [3.63, 3.8) is 0 Å². The summed E-state index contributed by atoms with van der Waals surface area (Å²) in [6, 6.07) is -0.190. The van der Waals surface area contributed by atoms with E-state index in [-0.39, 0.29) is 12.8 Å². The minimum atomic E-state index is -0.190. The second kappa shape index (κ2) is 7.44. The predicted octanol–water partition coefficient (Wildman–Crippen LogP) is -0.778. The van der Waals surface area contributed by atoms with Crippen LogP contribution in [0.3, 0.4) is 0 Å². The monoisotopic (exact) mass is 217 g/mol. The van der Waals surface area contributed by atoms with Crippen molar-refractivity contribution in [1.29, 1.82) is 0 Å². The van der Waals surface area contributed by atoms with Crippen molar-refractivity contribution in [2.45, 2.75) is 0 Å². The first-order valence-corrected chi connectivity index (χ1v) is 5.13. The summed E-state index contributed by atoms with van der Waals surface area (Å²) < 4.78 is 9.93. The first-order chi connectivity index (χ1) is 7.33. The standard InChI is InChI=1S/C9H19N3O3/c1-14-8-11-9(13)10-2-3-12-4-6-15-7-5-12/h2-8H2,1H3,(H2,10,11,13). The number of ether oxygens (including phenoxy) is 2. The molecule has 1 heterocycles. The number of nitrogens with zero attached hydrogens (tertiary/aromatic N) is 1. The summed E-state index contributed by atoms with van der Waals surface area (Å²) >= 11 is 0. The highest BCUT2D eigenvalue weighted by Gasteiger charge is 2.09. The number of carbonyl (C=O) groups excluding carboxylic acids is 1. The Balaban J connectivity index is 1.97. The first kappa shape index (κ1) is 12.2. The fourth-order valence-electron chi connectivity index (χ4n) is 1.35. The van der Waals surface area contributed by atoms with Crippen LogP contribution in [0.5, 0.6) is 0 Å². The Morgan fingerprint density at radius 3 is 2.80 bits per heavy atom. The highest BCUT2D eigenvalue weighted by atomic mass is 16.5. The molecule has 6 nitrogen and oxygen atoms in total. The smallest absolute Gasteiger partial charge is 0.316 e. The van der Waals surface area contributed by atoms with Gasteiger partial charge >= 0.3 is 6.03 Å². The zero-order chi connectivity index (χ0) is 10.9. The largest absolute Gasteiger partial charge is 0.379 e. The molecule has 0 aliphatic carbocycles. The topological polar surface area (TPSA) is 62.8 Å². The number of urea groups is 1. The van der Waals surface area contributed by atoms with Gasteiger partial charge < -0.3 is 20.1 Å². The zero-order valence-electron chi connectivity index (χ0n) is 9.12. The zero-order valence-corrected chi connectivity index (χ0v) is 9.12. The number of nitrogens with one attached hydrogen (secondary N) is 2. The van der Waals surface area contributed by atoms with Crippen LogP contribution in [0.25, 0.3) is 0 Å². The molecule has 88 valence electrons. The van der Waals surface area contributed by atoms with Crippen LogP contribution in [0.2, 0.25) is 0 Å². The van der Waals surface area contributed by atoms with E-state index < -0.39 is 0 Å². The summed E-state index contributed by atoms with van der Waals surface area (Å²) in [4.78, 5) is 13.4. The van der Waals surface area contributed by atoms with Crippen LogP contribution < -0.4 is 10.6 Å².